The second-order valence-corrected chi connectivity index (χ2v) is 7.44. The Morgan fingerprint density at radius 2 is 2.04 bits per heavy atom. The summed E-state index contributed by atoms with van der Waals surface area (Å²) in [5, 5.41) is 2.63. The van der Waals surface area contributed by atoms with Crippen LogP contribution in [0.5, 0.6) is 11.5 Å². The topological polar surface area (TPSA) is 73.9 Å². The lowest BCUT2D eigenvalue weighted by Gasteiger charge is -2.20. The van der Waals surface area contributed by atoms with Crippen molar-refractivity contribution in [2.75, 3.05) is 13.7 Å². The van der Waals surface area contributed by atoms with Gasteiger partial charge in [0.1, 0.15) is 0 Å². The molecule has 6 nitrogen and oxygen atoms in total. The molecule has 1 amide bonds. The number of nitrogens with one attached hydrogen (secondary N) is 1. The number of ether oxygens (including phenoxy) is 3. The van der Waals surface area contributed by atoms with Crippen LogP contribution in [0.4, 0.5) is 8.78 Å². The number of methoxy groups -OCH3 is 1. The van der Waals surface area contributed by atoms with Gasteiger partial charge in [-0.15, -0.1) is 0 Å². The molecule has 1 aromatic rings. The fourth-order valence-electron chi connectivity index (χ4n) is 4.31. The monoisotopic (exact) mass is 397 g/mol. The number of carbonyl (C=O) groups is 2. The summed E-state index contributed by atoms with van der Waals surface area (Å²) in [5.41, 5.74) is 0.639. The standard InChI is InChI=1S/C20H25F2NO5/c1-26-17-8-13(3-5-16(17)28-20(21)22)10-23-18(24)11-27-19(25)9-15-7-12-2-4-14(15)6-12/h3,5,8,12,14-15,20H,2,4,6-7,9-11H2,1H3,(H,23,24)/t12-,14-,15+/m1/s1. The zero-order valence-corrected chi connectivity index (χ0v) is 15.8. The molecule has 3 atom stereocenters. The first-order valence-corrected chi connectivity index (χ1v) is 9.48. The van der Waals surface area contributed by atoms with Crippen molar-refractivity contribution in [1.29, 1.82) is 0 Å². The first-order chi connectivity index (χ1) is 13.4. The van der Waals surface area contributed by atoms with Crippen molar-refractivity contribution in [3.05, 3.63) is 23.8 Å². The van der Waals surface area contributed by atoms with Gasteiger partial charge >= 0.3 is 12.6 Å². The van der Waals surface area contributed by atoms with Crippen LogP contribution in [0.2, 0.25) is 0 Å². The van der Waals surface area contributed by atoms with E-state index in [4.69, 9.17) is 9.47 Å². The maximum absolute atomic E-state index is 12.3. The van der Waals surface area contributed by atoms with Crippen molar-refractivity contribution >= 4 is 11.9 Å². The van der Waals surface area contributed by atoms with Gasteiger partial charge in [-0.2, -0.15) is 8.78 Å². The average molecular weight is 397 g/mol. The molecule has 2 aliphatic carbocycles. The Kier molecular flexibility index (Phi) is 6.70. The number of esters is 1. The molecule has 2 fully saturated rings. The second-order valence-electron chi connectivity index (χ2n) is 7.44. The van der Waals surface area contributed by atoms with Gasteiger partial charge in [-0.3, -0.25) is 9.59 Å². The number of halogens is 2. The first-order valence-electron chi connectivity index (χ1n) is 9.48. The van der Waals surface area contributed by atoms with E-state index in [0.717, 1.165) is 12.3 Å². The zero-order valence-electron chi connectivity index (χ0n) is 15.8. The number of benzene rings is 1. The van der Waals surface area contributed by atoms with Crippen molar-refractivity contribution in [2.24, 2.45) is 17.8 Å². The molecule has 0 aromatic heterocycles. The maximum Gasteiger partial charge on any atom is 0.387 e. The van der Waals surface area contributed by atoms with Crippen LogP contribution in [-0.2, 0) is 20.9 Å². The summed E-state index contributed by atoms with van der Waals surface area (Å²) >= 11 is 0. The van der Waals surface area contributed by atoms with E-state index in [1.165, 1.54) is 38.5 Å². The molecule has 0 radical (unpaired) electrons. The lowest BCUT2D eigenvalue weighted by molar-refractivity contribution is -0.149. The summed E-state index contributed by atoms with van der Waals surface area (Å²) in [6.45, 7) is -3.13. The maximum atomic E-state index is 12.3. The van der Waals surface area contributed by atoms with Crippen LogP contribution in [0.1, 0.15) is 37.7 Å². The van der Waals surface area contributed by atoms with Crippen LogP contribution in [0.25, 0.3) is 0 Å². The van der Waals surface area contributed by atoms with E-state index >= 15 is 0 Å². The van der Waals surface area contributed by atoms with Gasteiger partial charge in [0.15, 0.2) is 18.1 Å². The van der Waals surface area contributed by atoms with E-state index < -0.39 is 12.5 Å². The van der Waals surface area contributed by atoms with Gasteiger partial charge in [-0.1, -0.05) is 12.5 Å². The number of hydrogen-bond donors (Lipinski definition) is 1. The quantitative estimate of drug-likeness (QED) is 0.648. The molecule has 8 heteroatoms. The molecule has 154 valence electrons. The molecule has 0 heterocycles. The van der Waals surface area contributed by atoms with Gasteiger partial charge in [-0.05, 0) is 54.7 Å². The molecule has 28 heavy (non-hydrogen) atoms. The lowest BCUT2D eigenvalue weighted by Crippen LogP contribution is -2.29. The van der Waals surface area contributed by atoms with E-state index in [1.807, 2.05) is 0 Å². The van der Waals surface area contributed by atoms with Gasteiger partial charge in [0, 0.05) is 13.0 Å². The molecule has 0 aliphatic heterocycles. The minimum Gasteiger partial charge on any atom is -0.493 e. The molecule has 0 spiro atoms. The molecular weight excluding hydrogens is 372 g/mol. The third kappa shape index (κ3) is 5.33. The summed E-state index contributed by atoms with van der Waals surface area (Å²) in [6, 6.07) is 4.39. The van der Waals surface area contributed by atoms with E-state index in [-0.39, 0.29) is 30.6 Å². The number of rotatable bonds is 9. The van der Waals surface area contributed by atoms with Crippen LogP contribution in [0.3, 0.4) is 0 Å². The summed E-state index contributed by atoms with van der Waals surface area (Å²) < 4.78 is 39.1. The molecular formula is C20H25F2NO5. The highest BCUT2D eigenvalue weighted by molar-refractivity contribution is 5.80. The minimum absolute atomic E-state index is 0.0814. The third-order valence-corrected chi connectivity index (χ3v) is 5.61. The fraction of sp³-hybridized carbons (Fsp3) is 0.600. The van der Waals surface area contributed by atoms with E-state index in [9.17, 15) is 18.4 Å². The minimum atomic E-state index is -2.95. The summed E-state index contributed by atoms with van der Waals surface area (Å²) in [7, 11) is 1.34. The van der Waals surface area contributed by atoms with Crippen LogP contribution in [0.15, 0.2) is 18.2 Å². The molecule has 3 rings (SSSR count). The van der Waals surface area contributed by atoms with Crippen molar-refractivity contribution in [3.63, 3.8) is 0 Å². The third-order valence-electron chi connectivity index (χ3n) is 5.61. The second kappa shape index (κ2) is 9.21. The Labute approximate surface area is 162 Å². The predicted octanol–water partition coefficient (Wildman–Crippen LogP) is 3.28. The smallest absolute Gasteiger partial charge is 0.387 e. The van der Waals surface area contributed by atoms with Crippen LogP contribution >= 0.6 is 0 Å². The molecule has 1 N–H and O–H groups in total. The Morgan fingerprint density at radius 1 is 1.21 bits per heavy atom. The molecule has 2 saturated carbocycles. The average Bonchev–Trinajstić information content (AvgIpc) is 3.28. The summed E-state index contributed by atoms with van der Waals surface area (Å²) in [4.78, 5) is 23.9. The van der Waals surface area contributed by atoms with Crippen molar-refractivity contribution in [2.45, 2.75) is 45.3 Å². The fourth-order valence-corrected chi connectivity index (χ4v) is 4.31. The molecule has 1 aromatic carbocycles. The molecule has 2 bridgehead atoms. The number of carbonyl (C=O) groups excluding carboxylic acids is 2. The summed E-state index contributed by atoms with van der Waals surface area (Å²) in [6.07, 6.45) is 5.19. The molecule has 0 saturated heterocycles. The Morgan fingerprint density at radius 3 is 2.68 bits per heavy atom. The highest BCUT2D eigenvalue weighted by atomic mass is 19.3. The number of hydrogen-bond acceptors (Lipinski definition) is 5. The highest BCUT2D eigenvalue weighted by Crippen LogP contribution is 2.49. The Bertz CT molecular complexity index is 712. The number of fused-ring (bicyclic) bond motifs is 2. The normalized spacial score (nSPS) is 22.9. The van der Waals surface area contributed by atoms with Gasteiger partial charge in [0.25, 0.3) is 5.91 Å². The van der Waals surface area contributed by atoms with E-state index in [2.05, 4.69) is 10.1 Å². The van der Waals surface area contributed by atoms with Crippen molar-refractivity contribution in [1.82, 2.24) is 5.32 Å². The van der Waals surface area contributed by atoms with Gasteiger partial charge in [0.2, 0.25) is 0 Å². The summed E-state index contributed by atoms with van der Waals surface area (Å²) in [5.74, 6) is 1.11. The van der Waals surface area contributed by atoms with E-state index in [0.29, 0.717) is 23.8 Å². The Hall–Kier alpha value is -2.38. The van der Waals surface area contributed by atoms with Crippen LogP contribution in [-0.4, -0.2) is 32.2 Å². The zero-order chi connectivity index (χ0) is 20.1. The van der Waals surface area contributed by atoms with Crippen molar-refractivity contribution in [3.8, 4) is 11.5 Å². The molecule has 0 unspecified atom stereocenters. The number of amides is 1. The number of alkyl halides is 2. The van der Waals surface area contributed by atoms with Crippen molar-refractivity contribution < 1.29 is 32.6 Å². The largest absolute Gasteiger partial charge is 0.493 e. The van der Waals surface area contributed by atoms with E-state index in [1.54, 1.807) is 6.07 Å². The Balaban J connectivity index is 1.39. The molecule has 2 aliphatic rings. The SMILES string of the molecule is COc1cc(CNC(=O)COC(=O)C[C@@H]2C[C@@H]3CC[C@@H]2C3)ccc1OC(F)F. The van der Waals surface area contributed by atoms with Gasteiger partial charge < -0.3 is 19.5 Å². The van der Waals surface area contributed by atoms with Crippen LogP contribution < -0.4 is 14.8 Å². The first kappa shape index (κ1) is 20.4. The van der Waals surface area contributed by atoms with Crippen LogP contribution in [0, 0.1) is 17.8 Å². The highest BCUT2D eigenvalue weighted by Gasteiger charge is 2.40. The predicted molar refractivity (Wildman–Crippen MR) is 96.0 cm³/mol. The lowest BCUT2D eigenvalue weighted by atomic mass is 9.86. The van der Waals surface area contributed by atoms with Gasteiger partial charge in [-0.25, -0.2) is 0 Å². The van der Waals surface area contributed by atoms with Gasteiger partial charge in [0.05, 0.1) is 7.11 Å².